The molecule has 0 aromatic carbocycles. The Hall–Kier alpha value is -0.980. The molecule has 0 aromatic rings. The van der Waals surface area contributed by atoms with Gasteiger partial charge in [-0.1, -0.05) is 0 Å². The molecule has 0 rings (SSSR count). The van der Waals surface area contributed by atoms with Crippen LogP contribution in [0.5, 0.6) is 0 Å². The SMILES string of the molecule is CCOC(=O)C(C(C)=O)C(O)C(OC)OC. The zero-order valence-corrected chi connectivity index (χ0v) is 9.93. The second-order valence-electron chi connectivity index (χ2n) is 3.17. The Labute approximate surface area is 94.5 Å². The average molecular weight is 234 g/mol. The number of aliphatic hydroxyl groups is 1. The first-order chi connectivity index (χ1) is 7.49. The Morgan fingerprint density at radius 2 is 1.75 bits per heavy atom. The molecule has 0 amide bonds. The first kappa shape index (κ1) is 15.0. The number of rotatable bonds is 7. The first-order valence-corrected chi connectivity index (χ1v) is 4.90. The van der Waals surface area contributed by atoms with Crippen molar-refractivity contribution in [2.75, 3.05) is 20.8 Å². The number of carbonyl (C=O) groups excluding carboxylic acids is 2. The predicted molar refractivity (Wildman–Crippen MR) is 54.6 cm³/mol. The predicted octanol–water partition coefficient (Wildman–Crippen LogP) is -0.266. The number of hydrogen-bond acceptors (Lipinski definition) is 6. The van der Waals surface area contributed by atoms with E-state index in [-0.39, 0.29) is 6.61 Å². The van der Waals surface area contributed by atoms with Gasteiger partial charge in [0.05, 0.1) is 6.61 Å². The lowest BCUT2D eigenvalue weighted by molar-refractivity contribution is -0.191. The highest BCUT2D eigenvalue weighted by Gasteiger charge is 2.37. The summed E-state index contributed by atoms with van der Waals surface area (Å²) < 4.78 is 14.3. The maximum atomic E-state index is 11.4. The Bertz CT molecular complexity index is 235. The Balaban J connectivity index is 4.76. The van der Waals surface area contributed by atoms with Crippen LogP contribution in [0.25, 0.3) is 0 Å². The van der Waals surface area contributed by atoms with Gasteiger partial charge in [0.25, 0.3) is 0 Å². The fourth-order valence-electron chi connectivity index (χ4n) is 1.31. The molecule has 0 spiro atoms. The van der Waals surface area contributed by atoms with Crippen molar-refractivity contribution >= 4 is 11.8 Å². The van der Waals surface area contributed by atoms with Gasteiger partial charge in [-0.25, -0.2) is 0 Å². The van der Waals surface area contributed by atoms with Crippen LogP contribution < -0.4 is 0 Å². The molecule has 6 heteroatoms. The van der Waals surface area contributed by atoms with Gasteiger partial charge in [0.2, 0.25) is 0 Å². The summed E-state index contributed by atoms with van der Waals surface area (Å²) >= 11 is 0. The molecular formula is C10H18O6. The smallest absolute Gasteiger partial charge is 0.319 e. The van der Waals surface area contributed by atoms with E-state index < -0.39 is 30.1 Å². The summed E-state index contributed by atoms with van der Waals surface area (Å²) in [6.45, 7) is 2.96. The highest BCUT2D eigenvalue weighted by Crippen LogP contribution is 2.14. The lowest BCUT2D eigenvalue weighted by Crippen LogP contribution is -2.44. The molecule has 0 aliphatic rings. The lowest BCUT2D eigenvalue weighted by atomic mass is 9.98. The molecule has 0 saturated carbocycles. The average Bonchev–Trinajstić information content (AvgIpc) is 2.19. The third-order valence-electron chi connectivity index (χ3n) is 2.06. The Kier molecular flexibility index (Phi) is 6.87. The van der Waals surface area contributed by atoms with Crippen LogP contribution in [0.2, 0.25) is 0 Å². The summed E-state index contributed by atoms with van der Waals surface area (Å²) in [5, 5.41) is 9.76. The highest BCUT2D eigenvalue weighted by atomic mass is 16.7. The number of ketones is 1. The monoisotopic (exact) mass is 234 g/mol. The molecule has 0 saturated heterocycles. The topological polar surface area (TPSA) is 82.1 Å². The molecule has 0 aliphatic carbocycles. The molecule has 0 radical (unpaired) electrons. The third-order valence-corrected chi connectivity index (χ3v) is 2.06. The van der Waals surface area contributed by atoms with Gasteiger partial charge in [-0.3, -0.25) is 9.59 Å². The summed E-state index contributed by atoms with van der Waals surface area (Å²) in [6.07, 6.45) is -2.43. The van der Waals surface area contributed by atoms with Crippen molar-refractivity contribution in [3.05, 3.63) is 0 Å². The van der Waals surface area contributed by atoms with Gasteiger partial charge in [0.15, 0.2) is 6.29 Å². The van der Waals surface area contributed by atoms with Crippen molar-refractivity contribution in [3.63, 3.8) is 0 Å². The number of esters is 1. The zero-order valence-electron chi connectivity index (χ0n) is 9.93. The fourth-order valence-corrected chi connectivity index (χ4v) is 1.31. The summed E-state index contributed by atoms with van der Waals surface area (Å²) in [5.41, 5.74) is 0. The standard InChI is InChI=1S/C10H18O6/c1-5-16-9(13)7(6(2)11)8(12)10(14-3)15-4/h7-8,10,12H,5H2,1-4H3. The highest BCUT2D eigenvalue weighted by molar-refractivity contribution is 5.98. The molecule has 0 fully saturated rings. The maximum Gasteiger partial charge on any atom is 0.319 e. The Morgan fingerprint density at radius 3 is 2.06 bits per heavy atom. The summed E-state index contributed by atoms with van der Waals surface area (Å²) in [5.74, 6) is -2.56. The van der Waals surface area contributed by atoms with Crippen LogP contribution >= 0.6 is 0 Å². The van der Waals surface area contributed by atoms with Crippen LogP contribution in [0, 0.1) is 5.92 Å². The number of methoxy groups -OCH3 is 2. The van der Waals surface area contributed by atoms with Crippen LogP contribution in [-0.2, 0) is 23.8 Å². The quantitative estimate of drug-likeness (QED) is 0.371. The Morgan fingerprint density at radius 1 is 1.25 bits per heavy atom. The van der Waals surface area contributed by atoms with E-state index in [1.54, 1.807) is 6.92 Å². The fraction of sp³-hybridized carbons (Fsp3) is 0.800. The van der Waals surface area contributed by atoms with Crippen molar-refractivity contribution < 1.29 is 28.9 Å². The van der Waals surface area contributed by atoms with Crippen molar-refractivity contribution in [2.24, 2.45) is 5.92 Å². The van der Waals surface area contributed by atoms with E-state index in [9.17, 15) is 14.7 Å². The number of Topliss-reactive ketones (excluding diaryl/α,β-unsaturated/α-hetero) is 1. The second kappa shape index (κ2) is 7.32. The van der Waals surface area contributed by atoms with Crippen LogP contribution in [-0.4, -0.2) is 50.1 Å². The molecule has 0 aliphatic heterocycles. The molecule has 94 valence electrons. The van der Waals surface area contributed by atoms with Crippen LogP contribution in [0.15, 0.2) is 0 Å². The van der Waals surface area contributed by atoms with Gasteiger partial charge in [-0.15, -0.1) is 0 Å². The van der Waals surface area contributed by atoms with Crippen LogP contribution in [0.4, 0.5) is 0 Å². The molecule has 0 bridgehead atoms. The number of hydrogen-bond donors (Lipinski definition) is 1. The number of carbonyl (C=O) groups is 2. The summed E-state index contributed by atoms with van der Waals surface area (Å²) in [7, 11) is 2.61. The molecule has 0 aromatic heterocycles. The molecule has 2 atom stereocenters. The largest absolute Gasteiger partial charge is 0.465 e. The second-order valence-corrected chi connectivity index (χ2v) is 3.17. The summed E-state index contributed by atoms with van der Waals surface area (Å²) in [6, 6.07) is 0. The first-order valence-electron chi connectivity index (χ1n) is 4.90. The lowest BCUT2D eigenvalue weighted by Gasteiger charge is -2.24. The molecule has 0 heterocycles. The van der Waals surface area contributed by atoms with Crippen molar-refractivity contribution in [1.29, 1.82) is 0 Å². The summed E-state index contributed by atoms with van der Waals surface area (Å²) in [4.78, 5) is 22.7. The van der Waals surface area contributed by atoms with Crippen molar-refractivity contribution in [2.45, 2.75) is 26.2 Å². The van der Waals surface area contributed by atoms with Crippen LogP contribution in [0.3, 0.4) is 0 Å². The van der Waals surface area contributed by atoms with E-state index in [4.69, 9.17) is 14.2 Å². The van der Waals surface area contributed by atoms with E-state index in [0.717, 1.165) is 0 Å². The number of aliphatic hydroxyl groups excluding tert-OH is 1. The van der Waals surface area contributed by atoms with Gasteiger partial charge in [0.1, 0.15) is 17.8 Å². The van der Waals surface area contributed by atoms with E-state index in [0.29, 0.717) is 0 Å². The third kappa shape index (κ3) is 3.88. The van der Waals surface area contributed by atoms with E-state index in [1.807, 2.05) is 0 Å². The molecule has 2 unspecified atom stereocenters. The van der Waals surface area contributed by atoms with Crippen molar-refractivity contribution in [3.8, 4) is 0 Å². The molecule has 16 heavy (non-hydrogen) atoms. The van der Waals surface area contributed by atoms with Crippen LogP contribution in [0.1, 0.15) is 13.8 Å². The van der Waals surface area contributed by atoms with E-state index >= 15 is 0 Å². The van der Waals surface area contributed by atoms with E-state index in [2.05, 4.69) is 0 Å². The van der Waals surface area contributed by atoms with Gasteiger partial charge < -0.3 is 19.3 Å². The van der Waals surface area contributed by atoms with Crippen molar-refractivity contribution in [1.82, 2.24) is 0 Å². The molecular weight excluding hydrogens is 216 g/mol. The normalized spacial score (nSPS) is 14.6. The minimum absolute atomic E-state index is 0.139. The van der Waals surface area contributed by atoms with Gasteiger partial charge >= 0.3 is 5.97 Å². The molecule has 1 N–H and O–H groups in total. The van der Waals surface area contributed by atoms with E-state index in [1.165, 1.54) is 21.1 Å². The molecule has 6 nitrogen and oxygen atoms in total. The van der Waals surface area contributed by atoms with Gasteiger partial charge in [0, 0.05) is 14.2 Å². The minimum Gasteiger partial charge on any atom is -0.465 e. The van der Waals surface area contributed by atoms with Gasteiger partial charge in [-0.2, -0.15) is 0 Å². The zero-order chi connectivity index (χ0) is 12.7. The minimum atomic E-state index is -1.38. The number of ether oxygens (including phenoxy) is 3. The van der Waals surface area contributed by atoms with Gasteiger partial charge in [-0.05, 0) is 13.8 Å². The maximum absolute atomic E-state index is 11.4.